The molecular formula is C18H28F3N3O2S. The highest BCUT2D eigenvalue weighted by Gasteiger charge is 2.40. The second-order valence-electron chi connectivity index (χ2n) is 8.05. The van der Waals surface area contributed by atoms with Crippen LogP contribution < -0.4 is 4.90 Å². The summed E-state index contributed by atoms with van der Waals surface area (Å²) in [5, 5.41) is 0.377. The Balaban J connectivity index is 2.24. The van der Waals surface area contributed by atoms with E-state index >= 15 is 0 Å². The van der Waals surface area contributed by atoms with E-state index in [0.29, 0.717) is 24.8 Å². The number of alkyl halides is 3. The molecule has 2 rings (SSSR count). The van der Waals surface area contributed by atoms with Crippen molar-refractivity contribution in [2.45, 2.75) is 65.8 Å². The first-order valence-corrected chi connectivity index (χ1v) is 9.96. The van der Waals surface area contributed by atoms with Crippen molar-refractivity contribution in [2.24, 2.45) is 5.92 Å². The molecule has 1 aromatic heterocycles. The number of aromatic nitrogens is 1. The predicted octanol–water partition coefficient (Wildman–Crippen LogP) is 4.81. The Labute approximate surface area is 162 Å². The molecule has 1 fully saturated rings. The number of nitrogens with zero attached hydrogens (tertiary/aromatic N) is 3. The number of carbonyl (C=O) groups is 1. The molecule has 1 aliphatic heterocycles. The third kappa shape index (κ3) is 5.27. The lowest BCUT2D eigenvalue weighted by atomic mass is 10.0. The minimum Gasteiger partial charge on any atom is -0.444 e. The summed E-state index contributed by atoms with van der Waals surface area (Å²) in [6.07, 6.45) is -4.56. The van der Waals surface area contributed by atoms with Gasteiger partial charge in [0.05, 0.1) is 6.04 Å². The predicted molar refractivity (Wildman–Crippen MR) is 100 cm³/mol. The fourth-order valence-electron chi connectivity index (χ4n) is 3.03. The first-order valence-electron chi connectivity index (χ1n) is 9.15. The fourth-order valence-corrected chi connectivity index (χ4v) is 4.14. The van der Waals surface area contributed by atoms with Gasteiger partial charge in [0.15, 0.2) is 10.8 Å². The van der Waals surface area contributed by atoms with Gasteiger partial charge in [-0.25, -0.2) is 9.78 Å². The van der Waals surface area contributed by atoms with Gasteiger partial charge in [-0.2, -0.15) is 13.2 Å². The van der Waals surface area contributed by atoms with Crippen LogP contribution in [0.25, 0.3) is 0 Å². The molecule has 5 nitrogen and oxygen atoms in total. The maximum absolute atomic E-state index is 13.3. The van der Waals surface area contributed by atoms with E-state index in [1.807, 2.05) is 39.5 Å². The fraction of sp³-hybridized carbons (Fsp3) is 0.778. The largest absolute Gasteiger partial charge is 0.444 e. The number of aryl methyl sites for hydroxylation is 1. The lowest BCUT2D eigenvalue weighted by Gasteiger charge is -2.43. The summed E-state index contributed by atoms with van der Waals surface area (Å²) in [5.74, 6) is 0.138. The van der Waals surface area contributed by atoms with E-state index in [-0.39, 0.29) is 23.3 Å². The molecule has 1 amide bonds. The number of amides is 1. The summed E-state index contributed by atoms with van der Waals surface area (Å²) in [6.45, 7) is 12.3. The van der Waals surface area contributed by atoms with Gasteiger partial charge in [0.25, 0.3) is 0 Å². The number of rotatable bonds is 3. The summed E-state index contributed by atoms with van der Waals surface area (Å²) in [4.78, 5) is 20.1. The van der Waals surface area contributed by atoms with Crippen LogP contribution in [0.15, 0.2) is 0 Å². The van der Waals surface area contributed by atoms with Crippen LogP contribution in [0.5, 0.6) is 0 Å². The SMILES string of the molecule is CCc1sc(N2CCN(C(=O)OC(C)(C)C)C[C@H]2C(C)C)nc1C(F)(F)F. The quantitative estimate of drug-likeness (QED) is 0.722. The summed E-state index contributed by atoms with van der Waals surface area (Å²) >= 11 is 1.09. The summed E-state index contributed by atoms with van der Waals surface area (Å²) < 4.78 is 45.2. The van der Waals surface area contributed by atoms with E-state index in [1.54, 1.807) is 11.8 Å². The number of thiazole rings is 1. The molecule has 0 aromatic carbocycles. The van der Waals surface area contributed by atoms with Crippen molar-refractivity contribution in [1.29, 1.82) is 0 Å². The third-order valence-corrected chi connectivity index (χ3v) is 5.60. The molecule has 0 bridgehead atoms. The highest BCUT2D eigenvalue weighted by molar-refractivity contribution is 7.15. The Bertz CT molecular complexity index is 668. The first kappa shape index (κ1) is 21.8. The molecule has 1 saturated heterocycles. The van der Waals surface area contributed by atoms with E-state index in [2.05, 4.69) is 4.98 Å². The summed E-state index contributed by atoms with van der Waals surface area (Å²) in [6, 6.07) is -0.122. The van der Waals surface area contributed by atoms with Gasteiger partial charge >= 0.3 is 12.3 Å². The topological polar surface area (TPSA) is 45.7 Å². The maximum Gasteiger partial charge on any atom is 0.434 e. The third-order valence-electron chi connectivity index (χ3n) is 4.36. The smallest absolute Gasteiger partial charge is 0.434 e. The van der Waals surface area contributed by atoms with Gasteiger partial charge < -0.3 is 14.5 Å². The van der Waals surface area contributed by atoms with Crippen molar-refractivity contribution in [3.8, 4) is 0 Å². The molecule has 0 radical (unpaired) electrons. The van der Waals surface area contributed by atoms with Crippen molar-refractivity contribution in [3.05, 3.63) is 10.6 Å². The maximum atomic E-state index is 13.3. The average molecular weight is 408 g/mol. The molecule has 27 heavy (non-hydrogen) atoms. The highest BCUT2D eigenvalue weighted by atomic mass is 32.1. The van der Waals surface area contributed by atoms with Crippen LogP contribution >= 0.6 is 11.3 Å². The minimum atomic E-state index is -4.45. The van der Waals surface area contributed by atoms with Crippen molar-refractivity contribution < 1.29 is 22.7 Å². The number of halogens is 3. The molecular weight excluding hydrogens is 379 g/mol. The van der Waals surface area contributed by atoms with Crippen LogP contribution in [0.4, 0.5) is 23.1 Å². The van der Waals surface area contributed by atoms with Crippen molar-refractivity contribution >= 4 is 22.6 Å². The normalized spacial score (nSPS) is 19.0. The molecule has 154 valence electrons. The molecule has 1 aromatic rings. The van der Waals surface area contributed by atoms with E-state index in [1.165, 1.54) is 0 Å². The lowest BCUT2D eigenvalue weighted by Crippen LogP contribution is -2.57. The Hall–Kier alpha value is -1.51. The van der Waals surface area contributed by atoms with Gasteiger partial charge in [0.2, 0.25) is 0 Å². The number of ether oxygens (including phenoxy) is 1. The van der Waals surface area contributed by atoms with E-state index < -0.39 is 23.6 Å². The molecule has 1 atom stereocenters. The van der Waals surface area contributed by atoms with Crippen LogP contribution in [0, 0.1) is 5.92 Å². The molecule has 0 unspecified atom stereocenters. The van der Waals surface area contributed by atoms with Gasteiger partial charge in [-0.3, -0.25) is 0 Å². The average Bonchev–Trinajstić information content (AvgIpc) is 2.97. The number of piperazine rings is 1. The number of carbonyl (C=O) groups excluding carboxylic acids is 1. The zero-order valence-electron chi connectivity index (χ0n) is 16.7. The Morgan fingerprint density at radius 1 is 1.30 bits per heavy atom. The number of hydrogen-bond donors (Lipinski definition) is 0. The van der Waals surface area contributed by atoms with Gasteiger partial charge in [0, 0.05) is 24.5 Å². The number of anilines is 1. The van der Waals surface area contributed by atoms with Crippen LogP contribution in [0.3, 0.4) is 0 Å². The second-order valence-corrected chi connectivity index (χ2v) is 9.11. The van der Waals surface area contributed by atoms with Crippen LogP contribution in [0.1, 0.15) is 52.1 Å². The standard InChI is InChI=1S/C18H28F3N3O2S/c1-7-13-14(18(19,20)21)22-15(27-13)24-9-8-23(10-12(24)11(2)3)16(25)26-17(4,5)6/h11-12H,7-10H2,1-6H3/t12-/m0/s1. The van der Waals surface area contributed by atoms with Crippen LogP contribution in [-0.2, 0) is 17.3 Å². The van der Waals surface area contributed by atoms with Crippen molar-refractivity contribution in [3.63, 3.8) is 0 Å². The van der Waals surface area contributed by atoms with Gasteiger partial charge in [-0.15, -0.1) is 11.3 Å². The summed E-state index contributed by atoms with van der Waals surface area (Å²) in [5.41, 5.74) is -1.38. The first-order chi connectivity index (χ1) is 12.3. The monoisotopic (exact) mass is 407 g/mol. The molecule has 0 saturated carbocycles. The molecule has 2 heterocycles. The molecule has 0 aliphatic carbocycles. The van der Waals surface area contributed by atoms with E-state index in [4.69, 9.17) is 4.74 Å². The zero-order chi connectivity index (χ0) is 20.6. The molecule has 0 spiro atoms. The van der Waals surface area contributed by atoms with Gasteiger partial charge in [0.1, 0.15) is 5.60 Å². The lowest BCUT2D eigenvalue weighted by molar-refractivity contribution is -0.141. The zero-order valence-corrected chi connectivity index (χ0v) is 17.5. The van der Waals surface area contributed by atoms with Gasteiger partial charge in [-0.1, -0.05) is 20.8 Å². The van der Waals surface area contributed by atoms with Crippen molar-refractivity contribution in [2.75, 3.05) is 24.5 Å². The Kier molecular flexibility index (Phi) is 6.33. The van der Waals surface area contributed by atoms with E-state index in [9.17, 15) is 18.0 Å². The second kappa shape index (κ2) is 7.85. The van der Waals surface area contributed by atoms with Gasteiger partial charge in [-0.05, 0) is 33.1 Å². The van der Waals surface area contributed by atoms with Crippen LogP contribution in [-0.4, -0.2) is 47.3 Å². The van der Waals surface area contributed by atoms with Crippen LogP contribution in [0.2, 0.25) is 0 Å². The molecule has 0 N–H and O–H groups in total. The highest BCUT2D eigenvalue weighted by Crippen LogP contribution is 2.39. The van der Waals surface area contributed by atoms with Crippen molar-refractivity contribution in [1.82, 2.24) is 9.88 Å². The minimum absolute atomic E-state index is 0.122. The molecule has 9 heteroatoms. The molecule has 1 aliphatic rings. The summed E-state index contributed by atoms with van der Waals surface area (Å²) in [7, 11) is 0. The Morgan fingerprint density at radius 2 is 1.93 bits per heavy atom. The van der Waals surface area contributed by atoms with E-state index in [0.717, 1.165) is 11.3 Å². The Morgan fingerprint density at radius 3 is 2.37 bits per heavy atom. The number of hydrogen-bond acceptors (Lipinski definition) is 5.